The van der Waals surface area contributed by atoms with Crippen molar-refractivity contribution in [3.63, 3.8) is 0 Å². The van der Waals surface area contributed by atoms with Crippen molar-refractivity contribution in [1.82, 2.24) is 4.37 Å². The lowest BCUT2D eigenvalue weighted by molar-refractivity contribution is 0.718. The zero-order valence-electron chi connectivity index (χ0n) is 8.57. The molecule has 0 bridgehead atoms. The number of hydrogen-bond acceptors (Lipinski definition) is 4. The molecule has 0 amide bonds. The average molecular weight is 211 g/mol. The molecule has 1 aliphatic rings. The van der Waals surface area contributed by atoms with Crippen LogP contribution in [-0.2, 0) is 0 Å². The molecule has 4 heteroatoms. The van der Waals surface area contributed by atoms with Crippen LogP contribution < -0.4 is 10.6 Å². The second-order valence-corrected chi connectivity index (χ2v) is 4.65. The van der Waals surface area contributed by atoms with Crippen LogP contribution in [0.25, 0.3) is 0 Å². The molecule has 0 aromatic carbocycles. The molecule has 14 heavy (non-hydrogen) atoms. The predicted molar refractivity (Wildman–Crippen MR) is 61.8 cm³/mol. The second kappa shape index (κ2) is 4.17. The first kappa shape index (κ1) is 9.77. The highest BCUT2D eigenvalue weighted by Crippen LogP contribution is 2.34. The lowest BCUT2D eigenvalue weighted by Crippen LogP contribution is -2.25. The van der Waals surface area contributed by atoms with E-state index in [4.69, 9.17) is 5.73 Å². The van der Waals surface area contributed by atoms with Crippen LogP contribution in [0, 0.1) is 0 Å². The van der Waals surface area contributed by atoms with Crippen LogP contribution in [0.2, 0.25) is 0 Å². The minimum Gasteiger partial charge on any atom is -0.383 e. The van der Waals surface area contributed by atoms with Gasteiger partial charge in [0.25, 0.3) is 0 Å². The summed E-state index contributed by atoms with van der Waals surface area (Å²) in [5.41, 5.74) is 5.64. The molecule has 78 valence electrons. The molecular formula is C10H17N3S. The van der Waals surface area contributed by atoms with Crippen LogP contribution in [0.3, 0.4) is 0 Å². The molecule has 0 aliphatic heterocycles. The van der Waals surface area contributed by atoms with E-state index in [2.05, 4.69) is 16.2 Å². The zero-order valence-corrected chi connectivity index (χ0v) is 9.39. The van der Waals surface area contributed by atoms with E-state index in [1.54, 1.807) is 0 Å². The molecule has 1 saturated carbocycles. The topological polar surface area (TPSA) is 42.1 Å². The molecule has 2 rings (SSSR count). The Balaban J connectivity index is 2.02. The number of nitrogen functional groups attached to an aromatic ring is 1. The molecule has 1 heterocycles. The van der Waals surface area contributed by atoms with Gasteiger partial charge in [0.05, 0.1) is 0 Å². The molecule has 0 spiro atoms. The predicted octanol–water partition coefficient (Wildman–Crippen LogP) is 2.49. The van der Waals surface area contributed by atoms with Crippen molar-refractivity contribution in [3.8, 4) is 0 Å². The van der Waals surface area contributed by atoms with Crippen molar-refractivity contribution in [2.75, 3.05) is 17.2 Å². The monoisotopic (exact) mass is 211 g/mol. The highest BCUT2D eigenvalue weighted by Gasteiger charge is 2.29. The summed E-state index contributed by atoms with van der Waals surface area (Å²) >= 11 is 1.53. The fraction of sp³-hybridized carbons (Fsp3) is 0.700. The molecule has 0 atom stereocenters. The van der Waals surface area contributed by atoms with Gasteiger partial charge < -0.3 is 10.6 Å². The molecular weight excluding hydrogens is 194 g/mol. The number of aromatic nitrogens is 1. The van der Waals surface area contributed by atoms with Gasteiger partial charge in [0.2, 0.25) is 0 Å². The summed E-state index contributed by atoms with van der Waals surface area (Å²) in [6.45, 7) is 3.38. The van der Waals surface area contributed by atoms with Gasteiger partial charge in [-0.05, 0) is 30.8 Å². The smallest absolute Gasteiger partial charge is 0.139 e. The minimum atomic E-state index is 0.659. The van der Waals surface area contributed by atoms with Crippen LogP contribution in [0.1, 0.15) is 32.6 Å². The Labute approximate surface area is 89.1 Å². The summed E-state index contributed by atoms with van der Waals surface area (Å²) in [6, 6.07) is 2.76. The fourth-order valence-corrected chi connectivity index (χ4v) is 2.37. The lowest BCUT2D eigenvalue weighted by Gasteiger charge is -2.21. The number of anilines is 2. The SMILES string of the molecule is CCCCN(c1cc(N)ns1)C1CC1. The molecule has 1 aromatic heterocycles. The highest BCUT2D eigenvalue weighted by atomic mass is 32.1. The van der Waals surface area contributed by atoms with Crippen molar-refractivity contribution in [2.45, 2.75) is 38.6 Å². The maximum absolute atomic E-state index is 5.64. The maximum atomic E-state index is 5.64. The molecule has 1 aromatic rings. The van der Waals surface area contributed by atoms with Gasteiger partial charge in [-0.15, -0.1) is 0 Å². The zero-order chi connectivity index (χ0) is 9.97. The summed E-state index contributed by atoms with van der Waals surface area (Å²) in [5, 5.41) is 1.25. The van der Waals surface area contributed by atoms with Gasteiger partial charge in [0.15, 0.2) is 0 Å². The molecule has 3 nitrogen and oxygen atoms in total. The summed E-state index contributed by atoms with van der Waals surface area (Å²) in [5.74, 6) is 0.659. The first-order valence-electron chi connectivity index (χ1n) is 5.30. The Hall–Kier alpha value is -0.770. The maximum Gasteiger partial charge on any atom is 0.139 e. The van der Waals surface area contributed by atoms with Crippen LogP contribution in [0.4, 0.5) is 10.8 Å². The van der Waals surface area contributed by atoms with E-state index in [1.807, 2.05) is 6.07 Å². The summed E-state index contributed by atoms with van der Waals surface area (Å²) in [6.07, 6.45) is 5.18. The quantitative estimate of drug-likeness (QED) is 0.813. The molecule has 1 fully saturated rings. The first-order chi connectivity index (χ1) is 6.81. The Morgan fingerprint density at radius 2 is 2.43 bits per heavy atom. The molecule has 1 aliphatic carbocycles. The van der Waals surface area contributed by atoms with Gasteiger partial charge >= 0.3 is 0 Å². The van der Waals surface area contributed by atoms with E-state index in [0.29, 0.717) is 5.82 Å². The van der Waals surface area contributed by atoms with E-state index in [1.165, 1.54) is 42.2 Å². The number of rotatable bonds is 5. The number of nitrogens with two attached hydrogens (primary N) is 1. The van der Waals surface area contributed by atoms with Crippen molar-refractivity contribution < 1.29 is 0 Å². The minimum absolute atomic E-state index is 0.659. The van der Waals surface area contributed by atoms with Gasteiger partial charge in [-0.25, -0.2) is 0 Å². The Kier molecular flexibility index (Phi) is 2.91. The number of hydrogen-bond donors (Lipinski definition) is 1. The van der Waals surface area contributed by atoms with Gasteiger partial charge in [-0.3, -0.25) is 0 Å². The third-order valence-corrected chi connectivity index (χ3v) is 3.38. The van der Waals surface area contributed by atoms with E-state index >= 15 is 0 Å². The van der Waals surface area contributed by atoms with E-state index in [0.717, 1.165) is 12.6 Å². The van der Waals surface area contributed by atoms with Gasteiger partial charge in [-0.2, -0.15) is 4.37 Å². The summed E-state index contributed by atoms with van der Waals surface area (Å²) < 4.78 is 4.13. The average Bonchev–Trinajstić information content (AvgIpc) is 2.91. The van der Waals surface area contributed by atoms with Crippen LogP contribution in [-0.4, -0.2) is 17.0 Å². The van der Waals surface area contributed by atoms with Gasteiger partial charge in [-0.1, -0.05) is 13.3 Å². The molecule has 0 saturated heterocycles. The van der Waals surface area contributed by atoms with Crippen molar-refractivity contribution in [2.24, 2.45) is 0 Å². The van der Waals surface area contributed by atoms with Gasteiger partial charge in [0.1, 0.15) is 10.8 Å². The molecule has 2 N–H and O–H groups in total. The van der Waals surface area contributed by atoms with Crippen molar-refractivity contribution >= 4 is 22.4 Å². The van der Waals surface area contributed by atoms with E-state index < -0.39 is 0 Å². The van der Waals surface area contributed by atoms with E-state index in [9.17, 15) is 0 Å². The first-order valence-corrected chi connectivity index (χ1v) is 6.07. The number of unbranched alkanes of at least 4 members (excludes halogenated alkanes) is 1. The van der Waals surface area contributed by atoms with Crippen molar-refractivity contribution in [1.29, 1.82) is 0 Å². The van der Waals surface area contributed by atoms with E-state index in [-0.39, 0.29) is 0 Å². The highest BCUT2D eigenvalue weighted by molar-refractivity contribution is 7.10. The fourth-order valence-electron chi connectivity index (χ4n) is 1.60. The normalized spacial score (nSPS) is 15.8. The van der Waals surface area contributed by atoms with Crippen molar-refractivity contribution in [3.05, 3.63) is 6.07 Å². The van der Waals surface area contributed by atoms with Crippen LogP contribution >= 0.6 is 11.5 Å². The second-order valence-electron chi connectivity index (χ2n) is 3.87. The largest absolute Gasteiger partial charge is 0.383 e. The third kappa shape index (κ3) is 2.18. The number of nitrogens with zero attached hydrogens (tertiary/aromatic N) is 2. The summed E-state index contributed by atoms with van der Waals surface area (Å²) in [4.78, 5) is 2.47. The lowest BCUT2D eigenvalue weighted by atomic mass is 10.3. The Morgan fingerprint density at radius 1 is 1.64 bits per heavy atom. The third-order valence-electron chi connectivity index (χ3n) is 2.54. The standard InChI is InChI=1S/C10H17N3S/c1-2-3-6-13(8-4-5-8)10-7-9(11)12-14-10/h7-8H,2-6H2,1H3,(H2,11,12). The van der Waals surface area contributed by atoms with Gasteiger partial charge in [0, 0.05) is 18.7 Å². The van der Waals surface area contributed by atoms with Crippen LogP contribution in [0.15, 0.2) is 6.07 Å². The Morgan fingerprint density at radius 3 is 2.93 bits per heavy atom. The Bertz CT molecular complexity index is 293. The molecule has 0 radical (unpaired) electrons. The molecule has 0 unspecified atom stereocenters. The van der Waals surface area contributed by atoms with Crippen LogP contribution in [0.5, 0.6) is 0 Å². The summed E-state index contributed by atoms with van der Waals surface area (Å²) in [7, 11) is 0.